The van der Waals surface area contributed by atoms with Gasteiger partial charge in [0.1, 0.15) is 6.61 Å². The molecule has 0 atom stereocenters. The first-order valence-corrected chi connectivity index (χ1v) is 10.4. The van der Waals surface area contributed by atoms with Gasteiger partial charge in [0, 0.05) is 6.54 Å². The smallest absolute Gasteiger partial charge is 0.180 e. The van der Waals surface area contributed by atoms with Crippen LogP contribution in [-0.2, 0) is 13.2 Å². The number of nitrogens with one attached hydrogen (secondary N) is 1. The quantitative estimate of drug-likeness (QED) is 0.501. The first-order chi connectivity index (χ1) is 13.6. The van der Waals surface area contributed by atoms with Crippen LogP contribution >= 0.6 is 11.6 Å². The van der Waals surface area contributed by atoms with Crippen molar-refractivity contribution < 1.29 is 9.47 Å². The first kappa shape index (κ1) is 22.5. The Balaban J connectivity index is 1.91. The highest BCUT2D eigenvalue weighted by Crippen LogP contribution is 2.37. The van der Waals surface area contributed by atoms with E-state index in [1.165, 1.54) is 5.56 Å². The van der Waals surface area contributed by atoms with Gasteiger partial charge in [0.25, 0.3) is 0 Å². The fourth-order valence-corrected chi connectivity index (χ4v) is 3.46. The van der Waals surface area contributed by atoms with Gasteiger partial charge >= 0.3 is 0 Å². The van der Waals surface area contributed by atoms with Crippen molar-refractivity contribution in [1.29, 1.82) is 0 Å². The van der Waals surface area contributed by atoms with Crippen molar-refractivity contribution in [3.05, 3.63) is 58.1 Å². The van der Waals surface area contributed by atoms with Crippen LogP contribution in [0.15, 0.2) is 36.4 Å². The maximum absolute atomic E-state index is 6.49. The topological polar surface area (TPSA) is 33.7 Å². The van der Waals surface area contributed by atoms with Gasteiger partial charge in [0.05, 0.1) is 12.1 Å². The second-order valence-electron chi connectivity index (χ2n) is 6.94. The second-order valence-corrected chi connectivity index (χ2v) is 7.35. The van der Waals surface area contributed by atoms with Crippen molar-refractivity contribution in [3.63, 3.8) is 0 Å². The van der Waals surface area contributed by atoms with Gasteiger partial charge in [-0.25, -0.2) is 0 Å². The van der Waals surface area contributed by atoms with Crippen LogP contribution in [0.2, 0.25) is 5.02 Å². The lowest BCUT2D eigenvalue weighted by Gasteiger charge is -2.18. The molecule has 2 aromatic rings. The third kappa shape index (κ3) is 7.01. The number of methoxy groups -OCH3 is 1. The average Bonchev–Trinajstić information content (AvgIpc) is 2.69. The second kappa shape index (κ2) is 11.9. The molecule has 0 aliphatic rings. The minimum atomic E-state index is 0.459. The Morgan fingerprint density at radius 3 is 2.54 bits per heavy atom. The predicted molar refractivity (Wildman–Crippen MR) is 118 cm³/mol. The highest BCUT2D eigenvalue weighted by molar-refractivity contribution is 6.32. The minimum Gasteiger partial charge on any atom is -0.493 e. The molecule has 0 saturated carbocycles. The maximum atomic E-state index is 6.49. The number of rotatable bonds is 12. The van der Waals surface area contributed by atoms with Gasteiger partial charge in [-0.05, 0) is 62.8 Å². The Bertz CT molecular complexity index is 733. The van der Waals surface area contributed by atoms with Crippen molar-refractivity contribution in [2.75, 3.05) is 33.3 Å². The van der Waals surface area contributed by atoms with E-state index < -0.39 is 0 Å². The number of hydrogen-bond donors (Lipinski definition) is 1. The zero-order valence-corrected chi connectivity index (χ0v) is 18.3. The number of halogens is 1. The SMILES string of the molecule is CCN(CC)CCCNCc1cc(Cl)c(OCc2cccc(C)c2)c(OC)c1. The lowest BCUT2D eigenvalue weighted by atomic mass is 10.1. The summed E-state index contributed by atoms with van der Waals surface area (Å²) in [5.74, 6) is 1.26. The van der Waals surface area contributed by atoms with Crippen molar-refractivity contribution in [2.24, 2.45) is 0 Å². The van der Waals surface area contributed by atoms with E-state index in [1.807, 2.05) is 24.3 Å². The highest BCUT2D eigenvalue weighted by atomic mass is 35.5. The van der Waals surface area contributed by atoms with Gasteiger partial charge in [-0.2, -0.15) is 0 Å². The first-order valence-electron chi connectivity index (χ1n) is 10.0. The van der Waals surface area contributed by atoms with Crippen molar-refractivity contribution in [2.45, 2.75) is 40.3 Å². The van der Waals surface area contributed by atoms with Crippen LogP contribution in [0, 0.1) is 6.92 Å². The monoisotopic (exact) mass is 404 g/mol. The zero-order valence-electron chi connectivity index (χ0n) is 17.6. The summed E-state index contributed by atoms with van der Waals surface area (Å²) >= 11 is 6.49. The summed E-state index contributed by atoms with van der Waals surface area (Å²) in [6.07, 6.45) is 1.13. The number of nitrogens with zero attached hydrogens (tertiary/aromatic N) is 1. The number of benzene rings is 2. The van der Waals surface area contributed by atoms with Gasteiger partial charge in [-0.15, -0.1) is 0 Å². The molecule has 0 radical (unpaired) electrons. The fraction of sp³-hybridized carbons (Fsp3) is 0.478. The molecule has 154 valence electrons. The minimum absolute atomic E-state index is 0.459. The number of hydrogen-bond acceptors (Lipinski definition) is 4. The lowest BCUT2D eigenvalue weighted by Crippen LogP contribution is -2.27. The molecule has 0 heterocycles. The highest BCUT2D eigenvalue weighted by Gasteiger charge is 2.12. The number of ether oxygens (including phenoxy) is 2. The van der Waals surface area contributed by atoms with Crippen LogP contribution in [-0.4, -0.2) is 38.2 Å². The summed E-state index contributed by atoms with van der Waals surface area (Å²) in [7, 11) is 1.65. The fourth-order valence-electron chi connectivity index (χ4n) is 3.17. The molecule has 0 amide bonds. The van der Waals surface area contributed by atoms with Gasteiger partial charge in [0.2, 0.25) is 0 Å². The van der Waals surface area contributed by atoms with Gasteiger partial charge < -0.3 is 19.7 Å². The third-order valence-corrected chi connectivity index (χ3v) is 5.09. The van der Waals surface area contributed by atoms with Crippen LogP contribution in [0.5, 0.6) is 11.5 Å². The van der Waals surface area contributed by atoms with Crippen LogP contribution in [0.25, 0.3) is 0 Å². The molecule has 0 aliphatic heterocycles. The van der Waals surface area contributed by atoms with E-state index in [9.17, 15) is 0 Å². The van der Waals surface area contributed by atoms with E-state index in [0.717, 1.165) is 50.3 Å². The normalized spacial score (nSPS) is 11.1. The molecule has 28 heavy (non-hydrogen) atoms. The van der Waals surface area contributed by atoms with Crippen LogP contribution in [0.3, 0.4) is 0 Å². The number of aryl methyl sites for hydroxylation is 1. The predicted octanol–water partition coefficient (Wildman–Crippen LogP) is 5.06. The van der Waals surface area contributed by atoms with E-state index in [-0.39, 0.29) is 0 Å². The third-order valence-electron chi connectivity index (χ3n) is 4.81. The molecule has 0 aliphatic carbocycles. The summed E-state index contributed by atoms with van der Waals surface area (Å²) in [6, 6.07) is 12.2. The summed E-state index contributed by atoms with van der Waals surface area (Å²) in [6.45, 7) is 12.0. The molecular weight excluding hydrogens is 372 g/mol. The average molecular weight is 405 g/mol. The van der Waals surface area contributed by atoms with E-state index in [2.05, 4.69) is 43.1 Å². The molecule has 1 N–H and O–H groups in total. The Hall–Kier alpha value is -1.75. The van der Waals surface area contributed by atoms with Crippen molar-refractivity contribution in [3.8, 4) is 11.5 Å². The van der Waals surface area contributed by atoms with Gasteiger partial charge in [-0.1, -0.05) is 55.3 Å². The molecule has 2 rings (SSSR count). The molecule has 0 unspecified atom stereocenters. The molecule has 0 bridgehead atoms. The van der Waals surface area contributed by atoms with E-state index >= 15 is 0 Å². The molecule has 2 aromatic carbocycles. The molecule has 5 heteroatoms. The van der Waals surface area contributed by atoms with Crippen LogP contribution in [0.4, 0.5) is 0 Å². The van der Waals surface area contributed by atoms with E-state index in [4.69, 9.17) is 21.1 Å². The van der Waals surface area contributed by atoms with E-state index in [1.54, 1.807) is 7.11 Å². The van der Waals surface area contributed by atoms with Crippen molar-refractivity contribution in [1.82, 2.24) is 10.2 Å². The lowest BCUT2D eigenvalue weighted by molar-refractivity contribution is 0.284. The van der Waals surface area contributed by atoms with E-state index in [0.29, 0.717) is 23.1 Å². The zero-order chi connectivity index (χ0) is 20.4. The molecule has 0 spiro atoms. The Kier molecular flexibility index (Phi) is 9.62. The summed E-state index contributed by atoms with van der Waals surface area (Å²) in [5.41, 5.74) is 3.41. The Morgan fingerprint density at radius 2 is 1.86 bits per heavy atom. The van der Waals surface area contributed by atoms with Gasteiger partial charge in [0.15, 0.2) is 11.5 Å². The Labute approximate surface area is 174 Å². The maximum Gasteiger partial charge on any atom is 0.180 e. The summed E-state index contributed by atoms with van der Waals surface area (Å²) in [5, 5.41) is 4.06. The molecule has 4 nitrogen and oxygen atoms in total. The summed E-state index contributed by atoms with van der Waals surface area (Å²) in [4.78, 5) is 2.43. The Morgan fingerprint density at radius 1 is 1.07 bits per heavy atom. The summed E-state index contributed by atoms with van der Waals surface area (Å²) < 4.78 is 11.5. The van der Waals surface area contributed by atoms with Gasteiger partial charge in [-0.3, -0.25) is 0 Å². The molecule has 0 aromatic heterocycles. The van der Waals surface area contributed by atoms with Crippen LogP contribution < -0.4 is 14.8 Å². The molecule has 0 saturated heterocycles. The molecule has 0 fully saturated rings. The van der Waals surface area contributed by atoms with Crippen LogP contribution in [0.1, 0.15) is 37.0 Å². The standard InChI is InChI=1S/C23H33ClN2O2/c1-5-26(6-2)12-8-11-25-16-20-14-21(24)23(22(15-20)27-4)28-17-19-10-7-9-18(3)13-19/h7,9-10,13-15,25H,5-6,8,11-12,16-17H2,1-4H3. The van der Waals surface area contributed by atoms with Crippen molar-refractivity contribution >= 4 is 11.6 Å². The molecular formula is C23H33ClN2O2. The largest absolute Gasteiger partial charge is 0.493 e.